The largest absolute Gasteiger partial charge is 0.460 e. The van der Waals surface area contributed by atoms with Crippen molar-refractivity contribution in [3.63, 3.8) is 0 Å². The molecule has 1 aromatic carbocycles. The summed E-state index contributed by atoms with van der Waals surface area (Å²) < 4.78 is 13.4. The Balaban J connectivity index is 1.44. The van der Waals surface area contributed by atoms with Crippen molar-refractivity contribution in [3.8, 4) is 0 Å². The average Bonchev–Trinajstić information content (AvgIpc) is 3.16. The van der Waals surface area contributed by atoms with E-state index in [0.717, 1.165) is 18.3 Å². The van der Waals surface area contributed by atoms with E-state index in [-0.39, 0.29) is 7.12 Å². The van der Waals surface area contributed by atoms with Crippen molar-refractivity contribution in [2.24, 2.45) is 11.8 Å². The third-order valence-corrected chi connectivity index (χ3v) is 7.00. The molecule has 1 heterocycles. The molecule has 1 aromatic rings. The van der Waals surface area contributed by atoms with Crippen molar-refractivity contribution in [2.45, 2.75) is 95.6 Å². The Morgan fingerprint density at radius 1 is 0.808 bits per heavy atom. The van der Waals surface area contributed by atoms with Gasteiger partial charge in [-0.15, -0.1) is 0 Å². The number of benzene rings is 1. The predicted molar refractivity (Wildman–Crippen MR) is 108 cm³/mol. The quantitative estimate of drug-likeness (QED) is 0.599. The van der Waals surface area contributed by atoms with Crippen molar-refractivity contribution in [1.82, 2.24) is 0 Å². The van der Waals surface area contributed by atoms with Crippen LogP contribution >= 0.6 is 0 Å². The topological polar surface area (TPSA) is 18.5 Å². The van der Waals surface area contributed by atoms with Crippen LogP contribution in [0.1, 0.15) is 76.7 Å². The van der Waals surface area contributed by atoms with Gasteiger partial charge in [-0.3, -0.25) is 0 Å². The second-order valence-corrected chi connectivity index (χ2v) is 9.03. The molecule has 0 radical (unpaired) electrons. The van der Waals surface area contributed by atoms with Crippen LogP contribution in [0.5, 0.6) is 0 Å². The number of hydrogen-bond donors (Lipinski definition) is 0. The zero-order chi connectivity index (χ0) is 17.8. The van der Waals surface area contributed by atoms with Crippen LogP contribution in [0.4, 0.5) is 0 Å². The molecule has 26 heavy (non-hydrogen) atoms. The maximum absolute atomic E-state index is 6.68. The van der Waals surface area contributed by atoms with Gasteiger partial charge < -0.3 is 9.31 Å². The highest BCUT2D eigenvalue weighted by Crippen LogP contribution is 2.42. The van der Waals surface area contributed by atoms with Gasteiger partial charge in [0.1, 0.15) is 0 Å². The SMILES string of the molecule is C[C@@H](Cc1ccccc1)B1O[C@@H](C2CCCCC2)[C@H](C2CCCCC2)O1. The molecule has 2 nitrogen and oxygen atoms in total. The summed E-state index contributed by atoms with van der Waals surface area (Å²) in [4.78, 5) is 0. The summed E-state index contributed by atoms with van der Waals surface area (Å²) in [5.74, 6) is 1.87. The van der Waals surface area contributed by atoms with Gasteiger partial charge in [-0.25, -0.2) is 0 Å². The van der Waals surface area contributed by atoms with Crippen LogP contribution < -0.4 is 0 Å². The van der Waals surface area contributed by atoms with Crippen molar-refractivity contribution in [1.29, 1.82) is 0 Å². The maximum Gasteiger partial charge on any atom is 0.460 e. The minimum atomic E-state index is -0.0194. The molecule has 0 spiro atoms. The highest BCUT2D eigenvalue weighted by molar-refractivity contribution is 6.47. The van der Waals surface area contributed by atoms with Gasteiger partial charge >= 0.3 is 7.12 Å². The highest BCUT2D eigenvalue weighted by Gasteiger charge is 2.48. The Morgan fingerprint density at radius 3 is 1.81 bits per heavy atom. The van der Waals surface area contributed by atoms with Gasteiger partial charge in [-0.2, -0.15) is 0 Å². The van der Waals surface area contributed by atoms with E-state index in [0.29, 0.717) is 18.0 Å². The van der Waals surface area contributed by atoms with Crippen molar-refractivity contribution in [3.05, 3.63) is 35.9 Å². The van der Waals surface area contributed by atoms with E-state index < -0.39 is 0 Å². The van der Waals surface area contributed by atoms with E-state index in [4.69, 9.17) is 9.31 Å². The Bertz CT molecular complexity index is 510. The van der Waals surface area contributed by atoms with E-state index >= 15 is 0 Å². The van der Waals surface area contributed by atoms with E-state index in [2.05, 4.69) is 37.3 Å². The first-order valence-corrected chi connectivity index (χ1v) is 11.2. The van der Waals surface area contributed by atoms with Crippen LogP contribution in [0, 0.1) is 11.8 Å². The fourth-order valence-corrected chi connectivity index (χ4v) is 5.53. The second-order valence-electron chi connectivity index (χ2n) is 9.03. The zero-order valence-electron chi connectivity index (χ0n) is 16.4. The lowest BCUT2D eigenvalue weighted by atomic mass is 9.70. The Hall–Kier alpha value is -0.795. The number of hydrogen-bond acceptors (Lipinski definition) is 2. The molecule has 3 fully saturated rings. The van der Waals surface area contributed by atoms with Gasteiger partial charge in [0.2, 0.25) is 0 Å². The first-order chi connectivity index (χ1) is 12.8. The summed E-state index contributed by atoms with van der Waals surface area (Å²) in [7, 11) is -0.0194. The standard InChI is InChI=1S/C23H35BO2/c1-18(17-19-11-5-2-6-12-19)24-25-22(20-13-7-3-8-14-20)23(26-24)21-15-9-4-10-16-21/h2,5-6,11-12,18,20-23H,3-4,7-10,13-17H2,1H3/t18-,22-,23-/m0/s1. The third kappa shape index (κ3) is 4.36. The second kappa shape index (κ2) is 8.93. The Morgan fingerprint density at radius 2 is 1.31 bits per heavy atom. The van der Waals surface area contributed by atoms with Crippen LogP contribution in [-0.4, -0.2) is 19.3 Å². The monoisotopic (exact) mass is 354 g/mol. The zero-order valence-corrected chi connectivity index (χ0v) is 16.4. The molecule has 1 aliphatic heterocycles. The first-order valence-electron chi connectivity index (χ1n) is 11.2. The highest BCUT2D eigenvalue weighted by atomic mass is 16.7. The van der Waals surface area contributed by atoms with E-state index in [1.807, 2.05) is 0 Å². The summed E-state index contributed by atoms with van der Waals surface area (Å²) in [5.41, 5.74) is 1.39. The molecule has 3 heteroatoms. The summed E-state index contributed by atoms with van der Waals surface area (Å²) in [6.45, 7) is 2.30. The Labute approximate surface area is 160 Å². The Kier molecular flexibility index (Phi) is 6.38. The molecule has 3 atom stereocenters. The molecular formula is C23H35BO2. The molecule has 2 saturated carbocycles. The molecule has 0 aromatic heterocycles. The van der Waals surface area contributed by atoms with Crippen molar-refractivity contribution < 1.29 is 9.31 Å². The van der Waals surface area contributed by atoms with E-state index in [1.165, 1.54) is 69.8 Å². The van der Waals surface area contributed by atoms with Gasteiger partial charge in [0, 0.05) is 0 Å². The lowest BCUT2D eigenvalue weighted by Gasteiger charge is -2.35. The van der Waals surface area contributed by atoms with E-state index in [9.17, 15) is 0 Å². The summed E-state index contributed by atoms with van der Waals surface area (Å²) >= 11 is 0. The number of rotatable bonds is 5. The fourth-order valence-electron chi connectivity index (χ4n) is 5.53. The van der Waals surface area contributed by atoms with Gasteiger partial charge in [-0.05, 0) is 55.3 Å². The first kappa shape index (κ1) is 18.6. The molecule has 3 aliphatic rings. The molecule has 4 rings (SSSR count). The minimum Gasteiger partial charge on any atom is -0.405 e. The van der Waals surface area contributed by atoms with Gasteiger partial charge in [0.25, 0.3) is 0 Å². The molecule has 1 saturated heterocycles. The van der Waals surface area contributed by atoms with Crippen LogP contribution in [0.15, 0.2) is 30.3 Å². The lowest BCUT2D eigenvalue weighted by molar-refractivity contribution is 0.0324. The van der Waals surface area contributed by atoms with Gasteiger partial charge in [0.05, 0.1) is 12.2 Å². The minimum absolute atomic E-state index is 0.0194. The van der Waals surface area contributed by atoms with Crippen LogP contribution in [0.3, 0.4) is 0 Å². The molecule has 0 unspecified atom stereocenters. The summed E-state index contributed by atoms with van der Waals surface area (Å²) in [6, 6.07) is 10.8. The van der Waals surface area contributed by atoms with E-state index in [1.54, 1.807) is 0 Å². The van der Waals surface area contributed by atoms with Crippen molar-refractivity contribution in [2.75, 3.05) is 0 Å². The maximum atomic E-state index is 6.68. The summed E-state index contributed by atoms with van der Waals surface area (Å²) in [5, 5.41) is 0. The van der Waals surface area contributed by atoms with Crippen LogP contribution in [-0.2, 0) is 15.7 Å². The average molecular weight is 354 g/mol. The van der Waals surface area contributed by atoms with Gasteiger partial charge in [0.15, 0.2) is 0 Å². The smallest absolute Gasteiger partial charge is 0.405 e. The normalized spacial score (nSPS) is 29.8. The molecule has 2 aliphatic carbocycles. The third-order valence-electron chi connectivity index (χ3n) is 7.00. The fraction of sp³-hybridized carbons (Fsp3) is 0.739. The van der Waals surface area contributed by atoms with Crippen LogP contribution in [0.25, 0.3) is 0 Å². The molecular weight excluding hydrogens is 319 g/mol. The molecule has 0 N–H and O–H groups in total. The lowest BCUT2D eigenvalue weighted by Crippen LogP contribution is -2.38. The molecule has 0 amide bonds. The summed E-state index contributed by atoms with van der Waals surface area (Å²) in [6.07, 6.45) is 15.5. The molecule has 142 valence electrons. The van der Waals surface area contributed by atoms with Crippen LogP contribution in [0.2, 0.25) is 5.82 Å². The predicted octanol–water partition coefficient (Wildman–Crippen LogP) is 6.05. The molecule has 0 bridgehead atoms. The van der Waals surface area contributed by atoms with Crippen molar-refractivity contribution >= 4 is 7.12 Å². The van der Waals surface area contributed by atoms with Gasteiger partial charge in [-0.1, -0.05) is 75.8 Å².